The van der Waals surface area contributed by atoms with E-state index in [-0.39, 0.29) is 24.5 Å². The molecule has 0 aromatic carbocycles. The monoisotopic (exact) mass is 271 g/mol. The molecule has 0 aromatic rings. The van der Waals surface area contributed by atoms with Gasteiger partial charge in [0.25, 0.3) is 10.2 Å². The maximum absolute atomic E-state index is 12.0. The second-order valence-corrected chi connectivity index (χ2v) is 6.34. The molecule has 1 fully saturated rings. The summed E-state index contributed by atoms with van der Waals surface area (Å²) in [5.74, 6) is 0. The molecule has 0 aliphatic carbocycles. The lowest BCUT2D eigenvalue weighted by Crippen LogP contribution is -2.49. The van der Waals surface area contributed by atoms with Crippen molar-refractivity contribution in [2.75, 3.05) is 20.1 Å². The molecule has 1 aliphatic rings. The van der Waals surface area contributed by atoms with Crippen molar-refractivity contribution in [3.8, 4) is 0 Å². The third kappa shape index (κ3) is 3.56. The van der Waals surface area contributed by atoms with E-state index in [1.807, 2.05) is 13.8 Å². The average Bonchev–Trinajstić information content (AvgIpc) is 2.17. The molecule has 0 saturated carbocycles. The predicted molar refractivity (Wildman–Crippen MR) is 67.8 cm³/mol. The number of nitrogens with two attached hydrogens (primary N) is 1. The molecule has 0 atom stereocenters. The summed E-state index contributed by atoms with van der Waals surface area (Å²) in [5.41, 5.74) is 5.74. The fourth-order valence-corrected chi connectivity index (χ4v) is 3.12. The van der Waals surface area contributed by atoms with Crippen LogP contribution in [0.4, 0.5) is 0 Å². The van der Waals surface area contributed by atoms with Crippen LogP contribution in [0.1, 0.15) is 26.7 Å². The smallest absolute Gasteiger partial charge is 0.281 e. The Balaban J connectivity index is 0.00000225. The normalized spacial score (nSPS) is 20.1. The van der Waals surface area contributed by atoms with Crippen LogP contribution in [0.15, 0.2) is 0 Å². The average molecular weight is 272 g/mol. The predicted octanol–water partition coefficient (Wildman–Crippen LogP) is 0.416. The van der Waals surface area contributed by atoms with Crippen LogP contribution in [0.3, 0.4) is 0 Å². The number of nitrogens with zero attached hydrogens (tertiary/aromatic N) is 2. The van der Waals surface area contributed by atoms with E-state index in [4.69, 9.17) is 5.73 Å². The van der Waals surface area contributed by atoms with Crippen molar-refractivity contribution in [3.63, 3.8) is 0 Å². The van der Waals surface area contributed by atoms with Gasteiger partial charge in [-0.05, 0) is 26.7 Å². The van der Waals surface area contributed by atoms with Crippen molar-refractivity contribution in [2.45, 2.75) is 38.8 Å². The molecule has 0 unspecified atom stereocenters. The third-order valence-corrected chi connectivity index (χ3v) is 5.08. The van der Waals surface area contributed by atoms with Gasteiger partial charge in [0, 0.05) is 32.2 Å². The van der Waals surface area contributed by atoms with E-state index in [2.05, 4.69) is 0 Å². The summed E-state index contributed by atoms with van der Waals surface area (Å²) in [6, 6.07) is 0.145. The van der Waals surface area contributed by atoms with Crippen molar-refractivity contribution < 1.29 is 8.42 Å². The Morgan fingerprint density at radius 3 is 2.12 bits per heavy atom. The highest BCUT2D eigenvalue weighted by atomic mass is 35.5. The molecule has 0 spiro atoms. The zero-order chi connectivity index (χ0) is 11.6. The van der Waals surface area contributed by atoms with Crippen LogP contribution in [-0.2, 0) is 10.2 Å². The Hall–Kier alpha value is 0.120. The molecule has 0 radical (unpaired) electrons. The quantitative estimate of drug-likeness (QED) is 0.809. The highest BCUT2D eigenvalue weighted by molar-refractivity contribution is 7.86. The van der Waals surface area contributed by atoms with Gasteiger partial charge in [-0.3, -0.25) is 0 Å². The molecule has 0 bridgehead atoms. The summed E-state index contributed by atoms with van der Waals surface area (Å²) in [6.07, 6.45) is 1.51. The molecule has 98 valence electrons. The van der Waals surface area contributed by atoms with Gasteiger partial charge in [0.2, 0.25) is 0 Å². The maximum atomic E-state index is 12.0. The Morgan fingerprint density at radius 2 is 1.75 bits per heavy atom. The SMILES string of the molecule is CC(C)N(C)S(=O)(=O)N1CCC(N)CC1.Cl. The van der Waals surface area contributed by atoms with Crippen molar-refractivity contribution in [3.05, 3.63) is 0 Å². The van der Waals surface area contributed by atoms with Crippen LogP contribution in [-0.4, -0.2) is 49.2 Å². The minimum Gasteiger partial charge on any atom is -0.328 e. The van der Waals surface area contributed by atoms with Gasteiger partial charge < -0.3 is 5.73 Å². The first-order valence-corrected chi connectivity index (χ1v) is 6.74. The summed E-state index contributed by atoms with van der Waals surface area (Å²) in [7, 11) is -1.65. The Kier molecular flexibility index (Phi) is 6.21. The van der Waals surface area contributed by atoms with E-state index < -0.39 is 10.2 Å². The second kappa shape index (κ2) is 6.16. The minimum atomic E-state index is -3.27. The number of hydrogen-bond donors (Lipinski definition) is 1. The van der Waals surface area contributed by atoms with Crippen molar-refractivity contribution in [2.24, 2.45) is 5.73 Å². The molecule has 2 N–H and O–H groups in total. The molecule has 1 aliphatic heterocycles. The van der Waals surface area contributed by atoms with Crippen molar-refractivity contribution in [1.82, 2.24) is 8.61 Å². The van der Waals surface area contributed by atoms with Gasteiger partial charge >= 0.3 is 0 Å². The van der Waals surface area contributed by atoms with E-state index in [0.717, 1.165) is 12.8 Å². The fraction of sp³-hybridized carbons (Fsp3) is 1.00. The lowest BCUT2D eigenvalue weighted by atomic mass is 10.1. The van der Waals surface area contributed by atoms with Gasteiger partial charge in [0.1, 0.15) is 0 Å². The summed E-state index contributed by atoms with van der Waals surface area (Å²) in [5, 5.41) is 0. The van der Waals surface area contributed by atoms with Crippen LogP contribution in [0.5, 0.6) is 0 Å². The van der Waals surface area contributed by atoms with E-state index in [1.165, 1.54) is 8.61 Å². The minimum absolute atomic E-state index is 0. The maximum Gasteiger partial charge on any atom is 0.281 e. The first-order chi connectivity index (χ1) is 6.85. The van der Waals surface area contributed by atoms with Crippen LogP contribution < -0.4 is 5.73 Å². The molecule has 16 heavy (non-hydrogen) atoms. The zero-order valence-corrected chi connectivity index (χ0v) is 11.7. The summed E-state index contributed by atoms with van der Waals surface area (Å²) in [4.78, 5) is 0. The largest absolute Gasteiger partial charge is 0.328 e. The lowest BCUT2D eigenvalue weighted by molar-refractivity contribution is 0.286. The molecule has 0 aromatic heterocycles. The summed E-state index contributed by atoms with van der Waals surface area (Å²) >= 11 is 0. The molecule has 1 rings (SSSR count). The first kappa shape index (κ1) is 16.1. The molecule has 0 amide bonds. The summed E-state index contributed by atoms with van der Waals surface area (Å²) in [6.45, 7) is 4.82. The molecule has 5 nitrogen and oxygen atoms in total. The number of hydrogen-bond acceptors (Lipinski definition) is 3. The van der Waals surface area contributed by atoms with Crippen LogP contribution >= 0.6 is 12.4 Å². The van der Waals surface area contributed by atoms with Crippen LogP contribution in [0.25, 0.3) is 0 Å². The molecule has 1 heterocycles. The van der Waals surface area contributed by atoms with Crippen molar-refractivity contribution in [1.29, 1.82) is 0 Å². The number of halogens is 1. The van der Waals surface area contributed by atoms with Gasteiger partial charge in [-0.25, -0.2) is 0 Å². The fourth-order valence-electron chi connectivity index (χ4n) is 1.56. The molecule has 7 heteroatoms. The summed E-state index contributed by atoms with van der Waals surface area (Å²) < 4.78 is 27.0. The Morgan fingerprint density at radius 1 is 1.31 bits per heavy atom. The van der Waals surface area contributed by atoms with E-state index in [1.54, 1.807) is 7.05 Å². The Labute approximate surface area is 105 Å². The number of rotatable bonds is 3. The molecular weight excluding hydrogens is 250 g/mol. The third-order valence-electron chi connectivity index (χ3n) is 2.92. The van der Waals surface area contributed by atoms with E-state index in [0.29, 0.717) is 13.1 Å². The van der Waals surface area contributed by atoms with Gasteiger partial charge in [-0.1, -0.05) is 0 Å². The van der Waals surface area contributed by atoms with Crippen molar-refractivity contribution >= 4 is 22.6 Å². The van der Waals surface area contributed by atoms with Gasteiger partial charge in [-0.15, -0.1) is 12.4 Å². The Bertz CT molecular complexity index is 300. The molecule has 1 saturated heterocycles. The lowest BCUT2D eigenvalue weighted by Gasteiger charge is -2.33. The van der Waals surface area contributed by atoms with Crippen LogP contribution in [0.2, 0.25) is 0 Å². The molecular formula is C9H22ClN3O2S. The van der Waals surface area contributed by atoms with Crippen LogP contribution in [0, 0.1) is 0 Å². The van der Waals surface area contributed by atoms with Gasteiger partial charge in [-0.2, -0.15) is 17.0 Å². The zero-order valence-electron chi connectivity index (χ0n) is 10.1. The highest BCUT2D eigenvalue weighted by Crippen LogP contribution is 2.16. The van der Waals surface area contributed by atoms with E-state index >= 15 is 0 Å². The van der Waals surface area contributed by atoms with Gasteiger partial charge in [0.15, 0.2) is 0 Å². The second-order valence-electron chi connectivity index (χ2n) is 4.35. The first-order valence-electron chi connectivity index (χ1n) is 5.34. The standard InChI is InChI=1S/C9H21N3O2S.ClH/c1-8(2)11(3)15(13,14)12-6-4-9(10)5-7-12;/h8-9H,4-7,10H2,1-3H3;1H. The van der Waals surface area contributed by atoms with Gasteiger partial charge in [0.05, 0.1) is 0 Å². The van der Waals surface area contributed by atoms with E-state index in [9.17, 15) is 8.42 Å². The number of piperidine rings is 1. The highest BCUT2D eigenvalue weighted by Gasteiger charge is 2.31. The topological polar surface area (TPSA) is 66.6 Å².